The predicted molar refractivity (Wildman–Crippen MR) is 67.7 cm³/mol. The summed E-state index contributed by atoms with van der Waals surface area (Å²) in [6.45, 7) is 10.6. The third-order valence-electron chi connectivity index (χ3n) is 2.51. The molecule has 0 heterocycles. The molecular formula is C13H26N2. The van der Waals surface area contributed by atoms with Crippen LogP contribution in [0, 0.1) is 11.8 Å². The molecule has 0 aliphatic heterocycles. The summed E-state index contributed by atoms with van der Waals surface area (Å²) in [5, 5.41) is 0. The van der Waals surface area contributed by atoms with E-state index in [4.69, 9.17) is 0 Å². The van der Waals surface area contributed by atoms with Crippen LogP contribution < -0.4 is 0 Å². The minimum atomic E-state index is 0.672. The molecule has 0 amide bonds. The van der Waals surface area contributed by atoms with Crippen LogP contribution in [0.15, 0.2) is 9.98 Å². The van der Waals surface area contributed by atoms with Gasteiger partial charge in [0.1, 0.15) is 0 Å². The molecule has 0 aliphatic rings. The molecule has 2 nitrogen and oxygen atoms in total. The zero-order valence-corrected chi connectivity index (χ0v) is 10.8. The molecule has 0 bridgehead atoms. The van der Waals surface area contributed by atoms with E-state index in [1.165, 1.54) is 25.7 Å². The van der Waals surface area contributed by atoms with Crippen LogP contribution in [0.3, 0.4) is 0 Å². The first-order valence-corrected chi connectivity index (χ1v) is 6.28. The summed E-state index contributed by atoms with van der Waals surface area (Å²) in [4.78, 5) is 8.41. The van der Waals surface area contributed by atoms with Gasteiger partial charge in [0.15, 0.2) is 0 Å². The first-order chi connectivity index (χ1) is 7.20. The molecule has 0 aromatic rings. The molecule has 2 unspecified atom stereocenters. The standard InChI is InChI=1S/C13H26N2/c1-5-7-12(3)9-14-11-15-10-13(4)8-6-2/h12-13H,5-10H2,1-4H3. The Morgan fingerprint density at radius 2 is 1.27 bits per heavy atom. The van der Waals surface area contributed by atoms with Gasteiger partial charge in [-0.2, -0.15) is 0 Å². The lowest BCUT2D eigenvalue weighted by atomic mass is 10.1. The highest BCUT2D eigenvalue weighted by atomic mass is 14.8. The Morgan fingerprint density at radius 1 is 0.867 bits per heavy atom. The molecule has 0 rings (SSSR count). The van der Waals surface area contributed by atoms with Crippen molar-refractivity contribution in [3.05, 3.63) is 0 Å². The van der Waals surface area contributed by atoms with Gasteiger partial charge >= 0.3 is 0 Å². The van der Waals surface area contributed by atoms with Crippen LogP contribution in [-0.4, -0.2) is 19.1 Å². The summed E-state index contributed by atoms with van der Waals surface area (Å²) in [7, 11) is 0. The van der Waals surface area contributed by atoms with Crippen molar-refractivity contribution in [2.75, 3.05) is 13.1 Å². The molecule has 0 N–H and O–H groups in total. The summed E-state index contributed by atoms with van der Waals surface area (Å²) in [6, 6.07) is 2.81. The Hall–Kier alpha value is -0.620. The molecule has 0 saturated carbocycles. The highest BCUT2D eigenvalue weighted by molar-refractivity contribution is 5.41. The summed E-state index contributed by atoms with van der Waals surface area (Å²) >= 11 is 0. The Morgan fingerprint density at radius 3 is 1.60 bits per heavy atom. The number of aliphatic imine (C=N–C) groups is 2. The van der Waals surface area contributed by atoms with Crippen molar-refractivity contribution in [1.82, 2.24) is 0 Å². The average Bonchev–Trinajstić information content (AvgIpc) is 2.18. The van der Waals surface area contributed by atoms with Gasteiger partial charge in [-0.3, -0.25) is 0 Å². The maximum Gasteiger partial charge on any atom is 0.0892 e. The van der Waals surface area contributed by atoms with Gasteiger partial charge in [0, 0.05) is 0 Å². The van der Waals surface area contributed by atoms with E-state index in [2.05, 4.69) is 43.7 Å². The van der Waals surface area contributed by atoms with E-state index in [-0.39, 0.29) is 0 Å². The zero-order chi connectivity index (χ0) is 11.5. The monoisotopic (exact) mass is 210 g/mol. The number of rotatable bonds is 8. The van der Waals surface area contributed by atoms with E-state index in [0.29, 0.717) is 11.8 Å². The topological polar surface area (TPSA) is 24.7 Å². The third kappa shape index (κ3) is 9.68. The Balaban J connectivity index is 3.62. The van der Waals surface area contributed by atoms with Gasteiger partial charge in [-0.15, -0.1) is 0 Å². The van der Waals surface area contributed by atoms with Crippen LogP contribution in [0.4, 0.5) is 0 Å². The van der Waals surface area contributed by atoms with Gasteiger partial charge in [-0.25, -0.2) is 9.98 Å². The molecule has 2 heteroatoms. The highest BCUT2D eigenvalue weighted by Crippen LogP contribution is 2.05. The van der Waals surface area contributed by atoms with Gasteiger partial charge in [0.2, 0.25) is 0 Å². The first kappa shape index (κ1) is 14.4. The lowest BCUT2D eigenvalue weighted by Gasteiger charge is -2.04. The second kappa shape index (κ2) is 9.92. The minimum absolute atomic E-state index is 0.672. The minimum Gasteiger partial charge on any atom is -0.225 e. The molecule has 0 aromatic carbocycles. The smallest absolute Gasteiger partial charge is 0.0892 e. The molecular weight excluding hydrogens is 184 g/mol. The maximum atomic E-state index is 4.21. The summed E-state index contributed by atoms with van der Waals surface area (Å²) < 4.78 is 0. The fourth-order valence-electron chi connectivity index (χ4n) is 1.61. The second-order valence-corrected chi connectivity index (χ2v) is 4.57. The SMILES string of the molecule is CCCC(C)CN=C=NCC(C)CCC. The van der Waals surface area contributed by atoms with E-state index in [9.17, 15) is 0 Å². The normalized spacial score (nSPS) is 14.1. The first-order valence-electron chi connectivity index (χ1n) is 6.28. The van der Waals surface area contributed by atoms with Crippen LogP contribution >= 0.6 is 0 Å². The Labute approximate surface area is 94.9 Å². The lowest BCUT2D eigenvalue weighted by Crippen LogP contribution is -1.99. The van der Waals surface area contributed by atoms with Gasteiger partial charge < -0.3 is 0 Å². The van der Waals surface area contributed by atoms with E-state index >= 15 is 0 Å². The molecule has 2 atom stereocenters. The quantitative estimate of drug-likeness (QED) is 0.540. The van der Waals surface area contributed by atoms with Crippen molar-refractivity contribution < 1.29 is 0 Å². The van der Waals surface area contributed by atoms with E-state index < -0.39 is 0 Å². The van der Waals surface area contributed by atoms with E-state index in [0.717, 1.165) is 13.1 Å². The highest BCUT2D eigenvalue weighted by Gasteiger charge is 1.98. The molecule has 0 spiro atoms. The summed E-state index contributed by atoms with van der Waals surface area (Å²) in [6.07, 6.45) is 4.97. The largest absolute Gasteiger partial charge is 0.225 e. The van der Waals surface area contributed by atoms with Crippen molar-refractivity contribution in [1.29, 1.82) is 0 Å². The molecule has 0 aromatic heterocycles. The molecule has 0 radical (unpaired) electrons. The van der Waals surface area contributed by atoms with Gasteiger partial charge in [-0.1, -0.05) is 40.5 Å². The van der Waals surface area contributed by atoms with Crippen molar-refractivity contribution in [3.8, 4) is 0 Å². The second-order valence-electron chi connectivity index (χ2n) is 4.57. The molecule has 15 heavy (non-hydrogen) atoms. The number of hydrogen-bond donors (Lipinski definition) is 0. The third-order valence-corrected chi connectivity index (χ3v) is 2.51. The van der Waals surface area contributed by atoms with Crippen LogP contribution in [0.2, 0.25) is 0 Å². The van der Waals surface area contributed by atoms with Crippen LogP contribution in [0.25, 0.3) is 0 Å². The van der Waals surface area contributed by atoms with Gasteiger partial charge in [0.05, 0.1) is 19.1 Å². The fraction of sp³-hybridized carbons (Fsp3) is 0.923. The van der Waals surface area contributed by atoms with Crippen molar-refractivity contribution in [3.63, 3.8) is 0 Å². The molecule has 0 aliphatic carbocycles. The van der Waals surface area contributed by atoms with Crippen molar-refractivity contribution in [2.45, 2.75) is 53.4 Å². The number of nitrogens with zero attached hydrogens (tertiary/aromatic N) is 2. The van der Waals surface area contributed by atoms with Gasteiger partial charge in [-0.05, 0) is 24.7 Å². The zero-order valence-electron chi connectivity index (χ0n) is 10.8. The van der Waals surface area contributed by atoms with Crippen LogP contribution in [-0.2, 0) is 0 Å². The van der Waals surface area contributed by atoms with E-state index in [1.54, 1.807) is 0 Å². The molecule has 0 saturated heterocycles. The predicted octanol–water partition coefficient (Wildman–Crippen LogP) is 4.03. The summed E-state index contributed by atoms with van der Waals surface area (Å²) in [5.74, 6) is 1.34. The Bertz CT molecular complexity index is 175. The van der Waals surface area contributed by atoms with Crippen LogP contribution in [0.5, 0.6) is 0 Å². The summed E-state index contributed by atoms with van der Waals surface area (Å²) in [5.41, 5.74) is 0. The van der Waals surface area contributed by atoms with E-state index in [1.807, 2.05) is 0 Å². The molecule has 0 fully saturated rings. The fourth-order valence-corrected chi connectivity index (χ4v) is 1.61. The number of hydrogen-bond acceptors (Lipinski definition) is 2. The average molecular weight is 210 g/mol. The maximum absolute atomic E-state index is 4.21. The van der Waals surface area contributed by atoms with Crippen molar-refractivity contribution >= 4 is 6.01 Å². The lowest BCUT2D eigenvalue weighted by molar-refractivity contribution is 0.533. The van der Waals surface area contributed by atoms with Gasteiger partial charge in [0.25, 0.3) is 0 Å². The van der Waals surface area contributed by atoms with Crippen LogP contribution in [0.1, 0.15) is 53.4 Å². The Kier molecular flexibility index (Phi) is 9.51. The molecule has 88 valence electrons. The van der Waals surface area contributed by atoms with Crippen molar-refractivity contribution in [2.24, 2.45) is 21.8 Å².